The van der Waals surface area contributed by atoms with E-state index >= 15 is 0 Å². The van der Waals surface area contributed by atoms with Gasteiger partial charge in [0.15, 0.2) is 0 Å². The van der Waals surface area contributed by atoms with Gasteiger partial charge in [0, 0.05) is 6.07 Å². The van der Waals surface area contributed by atoms with E-state index in [1.807, 2.05) is 0 Å². The number of ether oxygens (including phenoxy) is 3. The minimum atomic E-state index is -0.688. The van der Waals surface area contributed by atoms with Crippen LogP contribution in [0.4, 0.5) is 11.4 Å². The Kier molecular flexibility index (Phi) is 5.74. The van der Waals surface area contributed by atoms with E-state index in [0.717, 1.165) is 4.90 Å². The van der Waals surface area contributed by atoms with Gasteiger partial charge in [-0.1, -0.05) is 11.6 Å². The molecule has 9 heteroatoms. The van der Waals surface area contributed by atoms with Gasteiger partial charge in [-0.3, -0.25) is 9.59 Å². The molecule has 0 saturated heterocycles. The van der Waals surface area contributed by atoms with E-state index in [0.29, 0.717) is 17.2 Å². The fourth-order valence-corrected chi connectivity index (χ4v) is 2.97. The molecule has 0 atom stereocenters. The van der Waals surface area contributed by atoms with Crippen LogP contribution >= 0.6 is 11.6 Å². The lowest BCUT2D eigenvalue weighted by Crippen LogP contribution is -2.32. The van der Waals surface area contributed by atoms with E-state index in [2.05, 4.69) is 10.1 Å². The zero-order chi connectivity index (χ0) is 21.1. The first kappa shape index (κ1) is 20.2. The topological polar surface area (TPSA) is 94.2 Å². The van der Waals surface area contributed by atoms with Gasteiger partial charge in [0.1, 0.15) is 22.2 Å². The number of hydrogen-bond donors (Lipinski definition) is 1. The third-order valence-electron chi connectivity index (χ3n) is 4.24. The number of methoxy groups -OCH3 is 3. The molecule has 0 fully saturated rings. The number of imide groups is 1. The highest BCUT2D eigenvalue weighted by atomic mass is 35.5. The Bertz CT molecular complexity index is 1020. The Hall–Kier alpha value is -3.52. The maximum atomic E-state index is 12.9. The largest absolute Gasteiger partial charge is 0.497 e. The molecule has 0 aliphatic carbocycles. The predicted molar refractivity (Wildman–Crippen MR) is 106 cm³/mol. The van der Waals surface area contributed by atoms with Gasteiger partial charge >= 0.3 is 5.97 Å². The van der Waals surface area contributed by atoms with E-state index in [9.17, 15) is 14.4 Å². The average molecular weight is 417 g/mol. The van der Waals surface area contributed by atoms with Crippen molar-refractivity contribution in [1.29, 1.82) is 0 Å². The second kappa shape index (κ2) is 8.24. The SMILES string of the molecule is COC(=O)c1ccc(N2C(=O)C(Cl)=C(Nc3cc(OC)ccc3OC)C2=O)cc1. The highest BCUT2D eigenvalue weighted by Gasteiger charge is 2.39. The maximum Gasteiger partial charge on any atom is 0.337 e. The molecule has 0 aromatic heterocycles. The number of nitrogens with one attached hydrogen (secondary N) is 1. The lowest BCUT2D eigenvalue weighted by molar-refractivity contribution is -0.120. The first-order valence-corrected chi connectivity index (χ1v) is 8.75. The van der Waals surface area contributed by atoms with Crippen LogP contribution in [0.2, 0.25) is 0 Å². The summed E-state index contributed by atoms with van der Waals surface area (Å²) in [6, 6.07) is 10.8. The zero-order valence-corrected chi connectivity index (χ0v) is 16.6. The van der Waals surface area contributed by atoms with E-state index in [1.165, 1.54) is 45.6 Å². The highest BCUT2D eigenvalue weighted by molar-refractivity contribution is 6.53. The van der Waals surface area contributed by atoms with Crippen LogP contribution in [0.5, 0.6) is 11.5 Å². The van der Waals surface area contributed by atoms with E-state index < -0.39 is 17.8 Å². The molecule has 0 saturated carbocycles. The lowest BCUT2D eigenvalue weighted by Gasteiger charge is -2.16. The molecule has 0 radical (unpaired) electrons. The Morgan fingerprint density at radius 1 is 0.966 bits per heavy atom. The van der Waals surface area contributed by atoms with Crippen LogP contribution in [-0.2, 0) is 14.3 Å². The van der Waals surface area contributed by atoms with Crippen molar-refractivity contribution in [3.63, 3.8) is 0 Å². The monoisotopic (exact) mass is 416 g/mol. The van der Waals surface area contributed by atoms with Crippen molar-refractivity contribution >= 4 is 40.8 Å². The number of hydrogen-bond acceptors (Lipinski definition) is 7. The van der Waals surface area contributed by atoms with Crippen molar-refractivity contribution in [3.05, 3.63) is 58.8 Å². The van der Waals surface area contributed by atoms with Crippen LogP contribution in [0.15, 0.2) is 53.2 Å². The number of rotatable bonds is 6. The predicted octanol–water partition coefficient (Wildman–Crippen LogP) is 2.93. The van der Waals surface area contributed by atoms with Crippen molar-refractivity contribution in [1.82, 2.24) is 0 Å². The van der Waals surface area contributed by atoms with Crippen LogP contribution in [-0.4, -0.2) is 39.1 Å². The van der Waals surface area contributed by atoms with Crippen molar-refractivity contribution in [3.8, 4) is 11.5 Å². The van der Waals surface area contributed by atoms with Gasteiger partial charge in [-0.25, -0.2) is 9.69 Å². The van der Waals surface area contributed by atoms with Crippen molar-refractivity contribution in [2.75, 3.05) is 31.5 Å². The average Bonchev–Trinajstić information content (AvgIpc) is 2.96. The van der Waals surface area contributed by atoms with Gasteiger partial charge in [0.25, 0.3) is 11.8 Å². The van der Waals surface area contributed by atoms with Crippen LogP contribution in [0.25, 0.3) is 0 Å². The molecule has 8 nitrogen and oxygen atoms in total. The maximum absolute atomic E-state index is 12.9. The molecule has 3 rings (SSSR count). The Labute approximate surface area is 171 Å². The molecule has 150 valence electrons. The van der Waals surface area contributed by atoms with Gasteiger partial charge < -0.3 is 19.5 Å². The smallest absolute Gasteiger partial charge is 0.337 e. The van der Waals surface area contributed by atoms with Gasteiger partial charge in [-0.2, -0.15) is 0 Å². The minimum absolute atomic E-state index is 0.0970. The van der Waals surface area contributed by atoms with E-state index in [-0.39, 0.29) is 22.0 Å². The van der Waals surface area contributed by atoms with Crippen LogP contribution in [0.3, 0.4) is 0 Å². The van der Waals surface area contributed by atoms with Crippen molar-refractivity contribution in [2.45, 2.75) is 0 Å². The quantitative estimate of drug-likeness (QED) is 0.571. The molecule has 2 aromatic rings. The molecule has 2 aromatic carbocycles. The van der Waals surface area contributed by atoms with Crippen LogP contribution in [0, 0.1) is 0 Å². The molecule has 2 amide bonds. The second-order valence-corrected chi connectivity index (χ2v) is 6.24. The summed E-state index contributed by atoms with van der Waals surface area (Å²) in [6.45, 7) is 0. The standard InChI is InChI=1S/C20H17ClN2O6/c1-27-13-8-9-15(28-2)14(10-13)22-17-16(21)18(24)23(19(17)25)12-6-4-11(5-7-12)20(26)29-3/h4-10,22H,1-3H3. The minimum Gasteiger partial charge on any atom is -0.497 e. The molecule has 1 aliphatic rings. The number of carbonyl (C=O) groups is 3. The molecule has 0 bridgehead atoms. The number of anilines is 2. The molecule has 1 N–H and O–H groups in total. The first-order chi connectivity index (χ1) is 13.9. The van der Waals surface area contributed by atoms with Gasteiger partial charge in [-0.05, 0) is 36.4 Å². The molecule has 1 aliphatic heterocycles. The van der Waals surface area contributed by atoms with E-state index in [1.54, 1.807) is 18.2 Å². The summed E-state index contributed by atoms with van der Waals surface area (Å²) in [7, 11) is 4.24. The molecular weight excluding hydrogens is 400 g/mol. The number of benzene rings is 2. The number of nitrogens with zero attached hydrogens (tertiary/aromatic N) is 1. The number of amides is 2. The Morgan fingerprint density at radius 3 is 2.24 bits per heavy atom. The van der Waals surface area contributed by atoms with E-state index in [4.69, 9.17) is 21.1 Å². The Morgan fingerprint density at radius 2 is 1.66 bits per heavy atom. The molecular formula is C20H17ClN2O6. The summed E-state index contributed by atoms with van der Waals surface area (Å²) in [5.41, 5.74) is 0.860. The van der Waals surface area contributed by atoms with Gasteiger partial charge in [0.05, 0.1) is 38.3 Å². The third kappa shape index (κ3) is 3.74. The summed E-state index contributed by atoms with van der Waals surface area (Å²) in [5, 5.41) is 2.59. The molecule has 0 unspecified atom stereocenters. The number of carbonyl (C=O) groups excluding carboxylic acids is 3. The van der Waals surface area contributed by atoms with Crippen molar-refractivity contribution in [2.24, 2.45) is 0 Å². The molecule has 29 heavy (non-hydrogen) atoms. The second-order valence-electron chi connectivity index (χ2n) is 5.86. The van der Waals surface area contributed by atoms with Gasteiger partial charge in [0.2, 0.25) is 0 Å². The summed E-state index contributed by atoms with van der Waals surface area (Å²) >= 11 is 6.15. The van der Waals surface area contributed by atoms with Crippen LogP contribution in [0.1, 0.15) is 10.4 Å². The highest BCUT2D eigenvalue weighted by Crippen LogP contribution is 2.34. The van der Waals surface area contributed by atoms with Crippen molar-refractivity contribution < 1.29 is 28.6 Å². The zero-order valence-electron chi connectivity index (χ0n) is 15.8. The Balaban J connectivity index is 1.90. The lowest BCUT2D eigenvalue weighted by atomic mass is 10.2. The fourth-order valence-electron chi connectivity index (χ4n) is 2.76. The summed E-state index contributed by atoms with van der Waals surface area (Å²) in [5.74, 6) is -0.900. The van der Waals surface area contributed by atoms with Gasteiger partial charge in [-0.15, -0.1) is 0 Å². The summed E-state index contributed by atoms with van der Waals surface area (Å²) < 4.78 is 15.1. The van der Waals surface area contributed by atoms with Crippen LogP contribution < -0.4 is 19.7 Å². The summed E-state index contributed by atoms with van der Waals surface area (Å²) in [6.07, 6.45) is 0. The molecule has 0 spiro atoms. The first-order valence-electron chi connectivity index (χ1n) is 8.37. The normalized spacial score (nSPS) is 13.6. The number of esters is 1. The third-order valence-corrected chi connectivity index (χ3v) is 4.59. The fraction of sp³-hybridized carbons (Fsp3) is 0.150. The number of halogens is 1. The summed E-state index contributed by atoms with van der Waals surface area (Å²) in [4.78, 5) is 38.0. The molecule has 1 heterocycles.